The lowest BCUT2D eigenvalue weighted by Crippen LogP contribution is -2.26. The Morgan fingerprint density at radius 3 is 2.41 bits per heavy atom. The van der Waals surface area contributed by atoms with Gasteiger partial charge in [0.2, 0.25) is 0 Å². The highest BCUT2D eigenvalue weighted by Crippen LogP contribution is 2.66. The van der Waals surface area contributed by atoms with Crippen LogP contribution in [0.1, 0.15) is 31.4 Å². The lowest BCUT2D eigenvalue weighted by atomic mass is 9.86. The van der Waals surface area contributed by atoms with Crippen molar-refractivity contribution in [2.45, 2.75) is 32.6 Å². The largest absolute Gasteiger partial charge is 0.496 e. The average molecular weight is 234 g/mol. The fraction of sp³-hybridized carbons (Fsp3) is 0.500. The number of aryl methyl sites for hydroxylation is 1. The second kappa shape index (κ2) is 3.49. The van der Waals surface area contributed by atoms with E-state index in [-0.39, 0.29) is 5.41 Å². The van der Waals surface area contributed by atoms with E-state index in [1.165, 1.54) is 0 Å². The van der Waals surface area contributed by atoms with Crippen molar-refractivity contribution in [3.63, 3.8) is 0 Å². The number of hydrogen-bond acceptors (Lipinski definition) is 2. The molecule has 0 aliphatic heterocycles. The minimum atomic E-state index is -0.787. The van der Waals surface area contributed by atoms with Crippen LogP contribution in [-0.4, -0.2) is 18.2 Å². The first-order valence-electron chi connectivity index (χ1n) is 5.74. The standard InChI is InChI=1S/C14H18O3/c1-9-5-6-11(17-4)10(7-9)14(12(15)16)8-13(14,2)3/h5-7H,8H2,1-4H3,(H,15,16). The van der Waals surface area contributed by atoms with Gasteiger partial charge in [0.1, 0.15) is 11.2 Å². The van der Waals surface area contributed by atoms with Crippen molar-refractivity contribution < 1.29 is 14.6 Å². The van der Waals surface area contributed by atoms with Crippen LogP contribution in [0.25, 0.3) is 0 Å². The number of carboxylic acid groups (broad SMARTS) is 1. The van der Waals surface area contributed by atoms with E-state index in [1.54, 1.807) is 7.11 Å². The van der Waals surface area contributed by atoms with E-state index in [1.807, 2.05) is 39.0 Å². The number of aliphatic carboxylic acids is 1. The molecule has 1 aliphatic carbocycles. The number of carboxylic acids is 1. The van der Waals surface area contributed by atoms with Gasteiger partial charge in [-0.05, 0) is 24.8 Å². The molecule has 3 heteroatoms. The van der Waals surface area contributed by atoms with E-state index in [4.69, 9.17) is 4.74 Å². The summed E-state index contributed by atoms with van der Waals surface area (Å²) in [6.07, 6.45) is 0.662. The van der Waals surface area contributed by atoms with Crippen molar-refractivity contribution in [2.24, 2.45) is 5.41 Å². The molecule has 0 amide bonds. The van der Waals surface area contributed by atoms with Crippen LogP contribution in [0.3, 0.4) is 0 Å². The van der Waals surface area contributed by atoms with Crippen LogP contribution < -0.4 is 4.74 Å². The highest BCUT2D eigenvalue weighted by Gasteiger charge is 2.68. The predicted octanol–water partition coefficient (Wildman–Crippen LogP) is 2.76. The molecule has 2 rings (SSSR count). The van der Waals surface area contributed by atoms with Gasteiger partial charge in [-0.2, -0.15) is 0 Å². The quantitative estimate of drug-likeness (QED) is 0.874. The lowest BCUT2D eigenvalue weighted by Gasteiger charge is -2.19. The van der Waals surface area contributed by atoms with Gasteiger partial charge in [0.25, 0.3) is 0 Å². The van der Waals surface area contributed by atoms with Gasteiger partial charge in [-0.15, -0.1) is 0 Å². The predicted molar refractivity (Wildman–Crippen MR) is 65.4 cm³/mol. The summed E-state index contributed by atoms with van der Waals surface area (Å²) in [6.45, 7) is 5.94. The normalized spacial score (nSPS) is 25.4. The molecule has 1 N–H and O–H groups in total. The summed E-state index contributed by atoms with van der Waals surface area (Å²) < 4.78 is 5.31. The zero-order valence-corrected chi connectivity index (χ0v) is 10.7. The van der Waals surface area contributed by atoms with Gasteiger partial charge in [0, 0.05) is 5.56 Å². The summed E-state index contributed by atoms with van der Waals surface area (Å²) in [5.74, 6) is -0.0880. The summed E-state index contributed by atoms with van der Waals surface area (Å²) in [5, 5.41) is 9.55. The zero-order valence-electron chi connectivity index (χ0n) is 10.7. The van der Waals surface area contributed by atoms with E-state index in [0.29, 0.717) is 12.2 Å². The molecule has 17 heavy (non-hydrogen) atoms. The Balaban J connectivity index is 2.60. The second-order valence-corrected chi connectivity index (χ2v) is 5.47. The van der Waals surface area contributed by atoms with Gasteiger partial charge in [-0.3, -0.25) is 4.79 Å². The number of rotatable bonds is 3. The molecule has 1 aromatic carbocycles. The SMILES string of the molecule is COc1ccc(C)cc1C1(C(=O)O)CC1(C)C. The molecule has 1 saturated carbocycles. The van der Waals surface area contributed by atoms with E-state index in [2.05, 4.69) is 0 Å². The van der Waals surface area contributed by atoms with Gasteiger partial charge in [-0.1, -0.05) is 31.5 Å². The van der Waals surface area contributed by atoms with Crippen LogP contribution in [-0.2, 0) is 10.2 Å². The summed E-state index contributed by atoms with van der Waals surface area (Å²) in [7, 11) is 1.58. The minimum absolute atomic E-state index is 0.208. The molecule has 3 nitrogen and oxygen atoms in total. The van der Waals surface area contributed by atoms with Gasteiger partial charge >= 0.3 is 5.97 Å². The molecule has 1 fully saturated rings. The number of hydrogen-bond donors (Lipinski definition) is 1. The molecule has 0 saturated heterocycles. The molecule has 92 valence electrons. The highest BCUT2D eigenvalue weighted by molar-refractivity contribution is 5.88. The van der Waals surface area contributed by atoms with Gasteiger partial charge < -0.3 is 9.84 Å². The first-order chi connectivity index (χ1) is 7.85. The lowest BCUT2D eigenvalue weighted by molar-refractivity contribution is -0.141. The van der Waals surface area contributed by atoms with Crippen LogP contribution in [0, 0.1) is 12.3 Å². The summed E-state index contributed by atoms with van der Waals surface area (Å²) >= 11 is 0. The van der Waals surface area contributed by atoms with Crippen molar-refractivity contribution >= 4 is 5.97 Å². The number of benzene rings is 1. The molecular formula is C14H18O3. The molecule has 0 heterocycles. The van der Waals surface area contributed by atoms with Crippen LogP contribution >= 0.6 is 0 Å². The van der Waals surface area contributed by atoms with E-state index < -0.39 is 11.4 Å². The Labute approximate surface area is 101 Å². The van der Waals surface area contributed by atoms with Crippen molar-refractivity contribution in [1.82, 2.24) is 0 Å². The topological polar surface area (TPSA) is 46.5 Å². The van der Waals surface area contributed by atoms with Gasteiger partial charge in [-0.25, -0.2) is 0 Å². The molecule has 0 spiro atoms. The maximum Gasteiger partial charge on any atom is 0.314 e. The number of ether oxygens (including phenoxy) is 1. The second-order valence-electron chi connectivity index (χ2n) is 5.47. The number of carbonyl (C=O) groups is 1. The maximum absolute atomic E-state index is 11.6. The first-order valence-corrected chi connectivity index (χ1v) is 5.74. The summed E-state index contributed by atoms with van der Waals surface area (Å²) in [4.78, 5) is 11.6. The third-order valence-electron chi connectivity index (χ3n) is 3.92. The summed E-state index contributed by atoms with van der Waals surface area (Å²) in [5.41, 5.74) is 0.867. The fourth-order valence-corrected chi connectivity index (χ4v) is 2.71. The zero-order chi connectivity index (χ0) is 12.8. The third-order valence-corrected chi connectivity index (χ3v) is 3.92. The van der Waals surface area contributed by atoms with Crippen LogP contribution in [0.4, 0.5) is 0 Å². The smallest absolute Gasteiger partial charge is 0.314 e. The molecular weight excluding hydrogens is 216 g/mol. The maximum atomic E-state index is 11.6. The third kappa shape index (κ3) is 1.53. The molecule has 0 bridgehead atoms. The van der Waals surface area contributed by atoms with Crippen molar-refractivity contribution in [3.8, 4) is 5.75 Å². The van der Waals surface area contributed by atoms with Crippen LogP contribution in [0.5, 0.6) is 5.75 Å². The molecule has 0 aromatic heterocycles. The highest BCUT2D eigenvalue weighted by atomic mass is 16.5. The Morgan fingerprint density at radius 2 is 2.00 bits per heavy atom. The van der Waals surface area contributed by atoms with Crippen LogP contribution in [0.2, 0.25) is 0 Å². The number of methoxy groups -OCH3 is 1. The van der Waals surface area contributed by atoms with E-state index in [9.17, 15) is 9.90 Å². The Kier molecular flexibility index (Phi) is 2.45. The van der Waals surface area contributed by atoms with Crippen molar-refractivity contribution in [1.29, 1.82) is 0 Å². The van der Waals surface area contributed by atoms with Gasteiger partial charge in [0.05, 0.1) is 7.11 Å². The molecule has 1 aromatic rings. The molecule has 1 atom stereocenters. The van der Waals surface area contributed by atoms with Crippen molar-refractivity contribution in [2.75, 3.05) is 7.11 Å². The van der Waals surface area contributed by atoms with Crippen molar-refractivity contribution in [3.05, 3.63) is 29.3 Å². The van der Waals surface area contributed by atoms with E-state index >= 15 is 0 Å². The van der Waals surface area contributed by atoms with E-state index in [0.717, 1.165) is 11.1 Å². The molecule has 0 radical (unpaired) electrons. The first kappa shape index (κ1) is 12.0. The average Bonchev–Trinajstić information content (AvgIpc) is 2.83. The molecule has 1 unspecified atom stereocenters. The molecule has 1 aliphatic rings. The Morgan fingerprint density at radius 1 is 1.41 bits per heavy atom. The Hall–Kier alpha value is -1.51. The Bertz CT molecular complexity index is 476. The summed E-state index contributed by atoms with van der Waals surface area (Å²) in [6, 6.07) is 5.72. The minimum Gasteiger partial charge on any atom is -0.496 e. The fourth-order valence-electron chi connectivity index (χ4n) is 2.71. The van der Waals surface area contributed by atoms with Crippen LogP contribution in [0.15, 0.2) is 18.2 Å². The van der Waals surface area contributed by atoms with Gasteiger partial charge in [0.15, 0.2) is 0 Å². The monoisotopic (exact) mass is 234 g/mol.